The first-order chi connectivity index (χ1) is 8.97. The third kappa shape index (κ3) is 3.31. The molecule has 0 fully saturated rings. The van der Waals surface area contributed by atoms with E-state index in [-0.39, 0.29) is 5.75 Å². The largest absolute Gasteiger partial charge is 0.465 e. The van der Waals surface area contributed by atoms with Gasteiger partial charge in [0.15, 0.2) is 11.1 Å². The van der Waals surface area contributed by atoms with Gasteiger partial charge in [-0.25, -0.2) is 9.00 Å². The number of hydrogen-bond acceptors (Lipinski definition) is 2. The molecule has 0 bridgehead atoms. The van der Waals surface area contributed by atoms with E-state index < -0.39 is 17.2 Å². The van der Waals surface area contributed by atoms with E-state index in [4.69, 9.17) is 9.66 Å². The number of nitrogens with one attached hydrogen (secondary N) is 1. The van der Waals surface area contributed by atoms with Gasteiger partial charge in [-0.15, -0.1) is 0 Å². The molecule has 19 heavy (non-hydrogen) atoms. The average Bonchev–Trinajstić information content (AvgIpc) is 2.31. The Labute approximate surface area is 120 Å². The monoisotopic (exact) mass is 343 g/mol. The molecule has 0 saturated heterocycles. The third-order valence-electron chi connectivity index (χ3n) is 2.55. The van der Waals surface area contributed by atoms with Gasteiger partial charge in [0.05, 0.1) is 11.4 Å². The molecule has 5 nitrogen and oxygen atoms in total. The Balaban J connectivity index is 2.47. The Morgan fingerprint density at radius 1 is 1.32 bits per heavy atom. The maximum Gasteiger partial charge on any atom is 0.409 e. The van der Waals surface area contributed by atoms with E-state index in [1.165, 1.54) is 0 Å². The topological polar surface area (TPSA) is 86.6 Å². The first-order valence-electron chi connectivity index (χ1n) is 5.26. The Bertz CT molecular complexity index is 674. The number of halogens is 1. The summed E-state index contributed by atoms with van der Waals surface area (Å²) in [5.74, 6) is 0.0721. The molecule has 0 spiro atoms. The van der Waals surface area contributed by atoms with E-state index >= 15 is 0 Å². The van der Waals surface area contributed by atoms with Crippen LogP contribution in [0.2, 0.25) is 0 Å². The summed E-state index contributed by atoms with van der Waals surface area (Å²) in [5, 5.41) is 12.7. The van der Waals surface area contributed by atoms with Crippen molar-refractivity contribution in [1.82, 2.24) is 0 Å². The normalized spacial score (nSPS) is 12.3. The molecule has 0 aliphatic rings. The van der Waals surface area contributed by atoms with Gasteiger partial charge in [-0.3, -0.25) is 5.32 Å². The van der Waals surface area contributed by atoms with Crippen LogP contribution in [0.5, 0.6) is 0 Å². The molecule has 0 saturated carbocycles. The lowest BCUT2D eigenvalue weighted by Gasteiger charge is -2.08. The van der Waals surface area contributed by atoms with Gasteiger partial charge in [0.25, 0.3) is 0 Å². The standard InChI is InChI=1S/C12H10BrNO4S/c13-11-9-3-1-7(6-19(17)18)5-8(9)2-4-10(11)14-12(15)16/h1-5,14H,6H2,(H,15,16)(H,17,18). The van der Waals surface area contributed by atoms with Crippen LogP contribution < -0.4 is 5.32 Å². The molecule has 0 aliphatic carbocycles. The van der Waals surface area contributed by atoms with Gasteiger partial charge in [-0.1, -0.05) is 24.3 Å². The fourth-order valence-corrected chi connectivity index (χ4v) is 2.84. The van der Waals surface area contributed by atoms with E-state index in [0.29, 0.717) is 10.2 Å². The van der Waals surface area contributed by atoms with Crippen molar-refractivity contribution in [2.45, 2.75) is 5.75 Å². The molecule has 3 N–H and O–H groups in total. The van der Waals surface area contributed by atoms with Crippen LogP contribution in [0, 0.1) is 0 Å². The Morgan fingerprint density at radius 2 is 2.05 bits per heavy atom. The second kappa shape index (κ2) is 5.68. The molecule has 0 heterocycles. The van der Waals surface area contributed by atoms with E-state index in [0.717, 1.165) is 16.3 Å². The van der Waals surface area contributed by atoms with Crippen molar-refractivity contribution < 1.29 is 18.7 Å². The minimum atomic E-state index is -1.88. The molecular weight excluding hydrogens is 334 g/mol. The van der Waals surface area contributed by atoms with Crippen LogP contribution in [0.25, 0.3) is 10.8 Å². The molecule has 1 atom stereocenters. The highest BCUT2D eigenvalue weighted by Crippen LogP contribution is 2.32. The van der Waals surface area contributed by atoms with Gasteiger partial charge < -0.3 is 9.66 Å². The van der Waals surface area contributed by atoms with Crippen LogP contribution in [-0.4, -0.2) is 20.0 Å². The first-order valence-corrected chi connectivity index (χ1v) is 7.33. The highest BCUT2D eigenvalue weighted by molar-refractivity contribution is 9.10. The predicted octanol–water partition coefficient (Wildman–Crippen LogP) is 3.41. The summed E-state index contributed by atoms with van der Waals surface area (Å²) in [5.41, 5.74) is 1.21. The molecule has 1 amide bonds. The minimum Gasteiger partial charge on any atom is -0.465 e. The zero-order chi connectivity index (χ0) is 14.0. The summed E-state index contributed by atoms with van der Waals surface area (Å²) in [6.45, 7) is 0. The summed E-state index contributed by atoms with van der Waals surface area (Å²) < 4.78 is 20.3. The van der Waals surface area contributed by atoms with Gasteiger partial charge in [0.2, 0.25) is 0 Å². The predicted molar refractivity (Wildman–Crippen MR) is 77.8 cm³/mol. The highest BCUT2D eigenvalue weighted by Gasteiger charge is 2.08. The molecule has 2 aromatic rings. The average molecular weight is 344 g/mol. The van der Waals surface area contributed by atoms with Crippen LogP contribution in [0.3, 0.4) is 0 Å². The fourth-order valence-electron chi connectivity index (χ4n) is 1.79. The quantitative estimate of drug-likeness (QED) is 0.745. The van der Waals surface area contributed by atoms with Crippen LogP contribution in [-0.2, 0) is 16.8 Å². The lowest BCUT2D eigenvalue weighted by atomic mass is 10.1. The number of rotatable bonds is 3. The lowest BCUT2D eigenvalue weighted by molar-refractivity contribution is 0.209. The first kappa shape index (κ1) is 14.0. The summed E-state index contributed by atoms with van der Waals surface area (Å²) >= 11 is 1.47. The number of carbonyl (C=O) groups is 1. The number of benzene rings is 2. The van der Waals surface area contributed by atoms with Crippen molar-refractivity contribution in [3.63, 3.8) is 0 Å². The third-order valence-corrected chi connectivity index (χ3v) is 3.98. The van der Waals surface area contributed by atoms with Gasteiger partial charge >= 0.3 is 6.09 Å². The maximum absolute atomic E-state index is 10.8. The fraction of sp³-hybridized carbons (Fsp3) is 0.0833. The van der Waals surface area contributed by atoms with Crippen molar-refractivity contribution in [2.24, 2.45) is 0 Å². The van der Waals surface area contributed by atoms with Crippen molar-refractivity contribution in [2.75, 3.05) is 5.32 Å². The second-order valence-corrected chi connectivity index (χ2v) is 5.60. The zero-order valence-electron chi connectivity index (χ0n) is 9.59. The molecule has 0 radical (unpaired) electrons. The number of carboxylic acid groups (broad SMARTS) is 1. The molecule has 1 unspecified atom stereocenters. The van der Waals surface area contributed by atoms with Gasteiger partial charge in [0.1, 0.15) is 0 Å². The lowest BCUT2D eigenvalue weighted by Crippen LogP contribution is -2.07. The van der Waals surface area contributed by atoms with E-state index in [1.807, 2.05) is 0 Å². The Hall–Kier alpha value is -1.44. The van der Waals surface area contributed by atoms with Gasteiger partial charge in [-0.2, -0.15) is 0 Å². The van der Waals surface area contributed by atoms with E-state index in [2.05, 4.69) is 21.2 Å². The number of anilines is 1. The van der Waals surface area contributed by atoms with E-state index in [1.54, 1.807) is 30.3 Å². The molecule has 0 aliphatic heterocycles. The molecule has 100 valence electrons. The molecular formula is C12H10BrNO4S. The van der Waals surface area contributed by atoms with Crippen molar-refractivity contribution >= 4 is 49.6 Å². The highest BCUT2D eigenvalue weighted by atomic mass is 79.9. The zero-order valence-corrected chi connectivity index (χ0v) is 12.0. The minimum absolute atomic E-state index is 0.0721. The van der Waals surface area contributed by atoms with Crippen LogP contribution in [0.4, 0.5) is 10.5 Å². The number of hydrogen-bond donors (Lipinski definition) is 3. The molecule has 7 heteroatoms. The van der Waals surface area contributed by atoms with E-state index in [9.17, 15) is 9.00 Å². The summed E-state index contributed by atoms with van der Waals surface area (Å²) in [4.78, 5) is 10.6. The number of amides is 1. The van der Waals surface area contributed by atoms with Crippen LogP contribution >= 0.6 is 15.9 Å². The summed E-state index contributed by atoms with van der Waals surface area (Å²) in [6.07, 6.45) is -1.13. The van der Waals surface area contributed by atoms with Crippen LogP contribution in [0.15, 0.2) is 34.8 Å². The Kier molecular flexibility index (Phi) is 4.18. The van der Waals surface area contributed by atoms with Crippen LogP contribution in [0.1, 0.15) is 5.56 Å². The van der Waals surface area contributed by atoms with Crippen molar-refractivity contribution in [1.29, 1.82) is 0 Å². The van der Waals surface area contributed by atoms with Crippen molar-refractivity contribution in [3.05, 3.63) is 40.4 Å². The molecule has 0 aromatic heterocycles. The number of fused-ring (bicyclic) bond motifs is 1. The summed E-state index contributed by atoms with van der Waals surface area (Å²) in [6, 6.07) is 8.73. The van der Waals surface area contributed by atoms with Crippen molar-refractivity contribution in [3.8, 4) is 0 Å². The Morgan fingerprint density at radius 3 is 2.68 bits per heavy atom. The second-order valence-electron chi connectivity index (χ2n) is 3.88. The summed E-state index contributed by atoms with van der Waals surface area (Å²) in [7, 11) is 0. The molecule has 2 aromatic carbocycles. The smallest absolute Gasteiger partial charge is 0.409 e. The van der Waals surface area contributed by atoms with Gasteiger partial charge in [-0.05, 0) is 38.3 Å². The van der Waals surface area contributed by atoms with Gasteiger partial charge in [0, 0.05) is 4.47 Å². The SMILES string of the molecule is O=C(O)Nc1ccc2cc(CS(=O)O)ccc2c1Br. The maximum atomic E-state index is 10.8. The molecule has 2 rings (SSSR count).